The lowest BCUT2D eigenvalue weighted by Crippen LogP contribution is -2.47. The van der Waals surface area contributed by atoms with Crippen molar-refractivity contribution in [2.75, 3.05) is 13.1 Å². The van der Waals surface area contributed by atoms with Crippen LogP contribution in [-0.4, -0.2) is 43.4 Å². The molecule has 0 unspecified atom stereocenters. The molecule has 1 aromatic carbocycles. The predicted molar refractivity (Wildman–Crippen MR) is 89.2 cm³/mol. The molecule has 24 heavy (non-hydrogen) atoms. The van der Waals surface area contributed by atoms with Gasteiger partial charge < -0.3 is 9.64 Å². The summed E-state index contributed by atoms with van der Waals surface area (Å²) in [6.07, 6.45) is 0.590. The van der Waals surface area contributed by atoms with E-state index in [2.05, 4.69) is 0 Å². The third-order valence-electron chi connectivity index (χ3n) is 3.76. The van der Waals surface area contributed by atoms with Crippen molar-refractivity contribution in [2.24, 2.45) is 0 Å². The monoisotopic (exact) mass is 350 g/mol. The SMILES string of the molecule is CC(C)(C)OC(=O)N1CCC[C@H](S(=O)(=O)c2cccc(C#N)c2)C1. The molecule has 6 nitrogen and oxygen atoms in total. The highest BCUT2D eigenvalue weighted by atomic mass is 32.2. The number of likely N-dealkylation sites (tertiary alicyclic amines) is 1. The van der Waals surface area contributed by atoms with Crippen LogP contribution in [-0.2, 0) is 14.6 Å². The van der Waals surface area contributed by atoms with Crippen LogP contribution in [0.1, 0.15) is 39.2 Å². The second-order valence-corrected chi connectivity index (χ2v) is 9.10. The number of sulfone groups is 1. The van der Waals surface area contributed by atoms with E-state index in [0.29, 0.717) is 24.9 Å². The number of carbonyl (C=O) groups is 1. The van der Waals surface area contributed by atoms with Gasteiger partial charge >= 0.3 is 6.09 Å². The summed E-state index contributed by atoms with van der Waals surface area (Å²) >= 11 is 0. The predicted octanol–water partition coefficient (Wildman–Crippen LogP) is 2.73. The molecule has 1 aliphatic rings. The van der Waals surface area contributed by atoms with Gasteiger partial charge in [-0.3, -0.25) is 0 Å². The number of nitrogens with zero attached hydrogens (tertiary/aromatic N) is 2. The Balaban J connectivity index is 2.19. The van der Waals surface area contributed by atoms with Crippen LogP contribution in [0.5, 0.6) is 0 Å². The highest BCUT2D eigenvalue weighted by molar-refractivity contribution is 7.92. The Kier molecular flexibility index (Phi) is 5.19. The van der Waals surface area contributed by atoms with Crippen LogP contribution >= 0.6 is 0 Å². The van der Waals surface area contributed by atoms with Crippen LogP contribution in [0.2, 0.25) is 0 Å². The Morgan fingerprint density at radius 3 is 2.71 bits per heavy atom. The average Bonchev–Trinajstić information content (AvgIpc) is 2.53. The van der Waals surface area contributed by atoms with Gasteiger partial charge in [-0.05, 0) is 51.8 Å². The Morgan fingerprint density at radius 1 is 1.38 bits per heavy atom. The van der Waals surface area contributed by atoms with E-state index in [-0.39, 0.29) is 11.4 Å². The van der Waals surface area contributed by atoms with Crippen molar-refractivity contribution in [3.05, 3.63) is 29.8 Å². The van der Waals surface area contributed by atoms with E-state index in [9.17, 15) is 13.2 Å². The van der Waals surface area contributed by atoms with E-state index < -0.39 is 26.8 Å². The number of amides is 1. The molecule has 0 N–H and O–H groups in total. The second-order valence-electron chi connectivity index (χ2n) is 6.88. The largest absolute Gasteiger partial charge is 0.444 e. The van der Waals surface area contributed by atoms with Gasteiger partial charge in [0.05, 0.1) is 21.8 Å². The summed E-state index contributed by atoms with van der Waals surface area (Å²) in [5, 5.41) is 8.26. The minimum Gasteiger partial charge on any atom is -0.444 e. The normalized spacial score (nSPS) is 18.8. The number of hydrogen-bond acceptors (Lipinski definition) is 5. The smallest absolute Gasteiger partial charge is 0.410 e. The molecule has 0 radical (unpaired) electrons. The number of rotatable bonds is 2. The van der Waals surface area contributed by atoms with Crippen LogP contribution in [0.3, 0.4) is 0 Å². The molecule has 1 atom stereocenters. The van der Waals surface area contributed by atoms with Gasteiger partial charge in [-0.25, -0.2) is 13.2 Å². The number of ether oxygens (including phenoxy) is 1. The lowest BCUT2D eigenvalue weighted by atomic mass is 10.1. The number of nitriles is 1. The standard InChI is InChI=1S/C17H22N2O4S/c1-17(2,3)23-16(20)19-9-5-8-15(12-19)24(21,22)14-7-4-6-13(10-14)11-18/h4,6-7,10,15H,5,8-9,12H2,1-3H3/t15-/m0/s1. The molecular weight excluding hydrogens is 328 g/mol. The molecule has 130 valence electrons. The van der Waals surface area contributed by atoms with Gasteiger partial charge in [0, 0.05) is 13.1 Å². The van der Waals surface area contributed by atoms with Gasteiger partial charge in [0.25, 0.3) is 0 Å². The molecule has 1 aliphatic heterocycles. The molecule has 0 aliphatic carbocycles. The second kappa shape index (κ2) is 6.81. The van der Waals surface area contributed by atoms with Gasteiger partial charge in [0.1, 0.15) is 5.60 Å². The number of carbonyl (C=O) groups excluding carboxylic acids is 1. The molecule has 0 aromatic heterocycles. The van der Waals surface area contributed by atoms with Gasteiger partial charge in [-0.1, -0.05) is 6.07 Å². The lowest BCUT2D eigenvalue weighted by molar-refractivity contribution is 0.0219. The molecule has 0 bridgehead atoms. The van der Waals surface area contributed by atoms with Crippen molar-refractivity contribution < 1.29 is 17.9 Å². The number of hydrogen-bond donors (Lipinski definition) is 0. The maximum absolute atomic E-state index is 12.8. The maximum Gasteiger partial charge on any atom is 0.410 e. The third kappa shape index (κ3) is 4.26. The molecule has 0 saturated carbocycles. The van der Waals surface area contributed by atoms with Crippen molar-refractivity contribution in [2.45, 2.75) is 49.4 Å². The minimum atomic E-state index is -3.61. The van der Waals surface area contributed by atoms with Crippen LogP contribution in [0.15, 0.2) is 29.2 Å². The number of piperidine rings is 1. The molecule has 0 spiro atoms. The molecule has 1 heterocycles. The Morgan fingerprint density at radius 2 is 2.08 bits per heavy atom. The fraction of sp³-hybridized carbons (Fsp3) is 0.529. The van der Waals surface area contributed by atoms with Gasteiger partial charge in [-0.15, -0.1) is 0 Å². The zero-order valence-electron chi connectivity index (χ0n) is 14.2. The number of benzene rings is 1. The molecule has 1 fully saturated rings. The van der Waals surface area contributed by atoms with Crippen molar-refractivity contribution in [3.63, 3.8) is 0 Å². The first-order valence-corrected chi connectivity index (χ1v) is 9.40. The highest BCUT2D eigenvalue weighted by Gasteiger charge is 2.35. The first kappa shape index (κ1) is 18.3. The zero-order valence-corrected chi connectivity index (χ0v) is 15.0. The van der Waals surface area contributed by atoms with E-state index in [4.69, 9.17) is 10.00 Å². The maximum atomic E-state index is 12.8. The van der Waals surface area contributed by atoms with E-state index in [1.807, 2.05) is 6.07 Å². The molecule has 1 saturated heterocycles. The topological polar surface area (TPSA) is 87.5 Å². The molecule has 2 rings (SSSR count). The first-order chi connectivity index (χ1) is 11.1. The zero-order chi connectivity index (χ0) is 18.0. The van der Waals surface area contributed by atoms with E-state index in [1.165, 1.54) is 17.0 Å². The van der Waals surface area contributed by atoms with Crippen LogP contribution in [0.4, 0.5) is 4.79 Å². The summed E-state index contributed by atoms with van der Waals surface area (Å²) in [6, 6.07) is 7.93. The first-order valence-electron chi connectivity index (χ1n) is 7.85. The van der Waals surface area contributed by atoms with Gasteiger partial charge in [-0.2, -0.15) is 5.26 Å². The summed E-state index contributed by atoms with van der Waals surface area (Å²) in [5.41, 5.74) is -0.319. The average molecular weight is 350 g/mol. The summed E-state index contributed by atoms with van der Waals surface area (Å²) in [7, 11) is -3.61. The molecular formula is C17H22N2O4S. The van der Waals surface area contributed by atoms with E-state index >= 15 is 0 Å². The molecule has 1 aromatic rings. The van der Waals surface area contributed by atoms with Gasteiger partial charge in [0.2, 0.25) is 0 Å². The quantitative estimate of drug-likeness (QED) is 0.818. The highest BCUT2D eigenvalue weighted by Crippen LogP contribution is 2.25. The van der Waals surface area contributed by atoms with E-state index in [1.54, 1.807) is 32.9 Å². The van der Waals surface area contributed by atoms with E-state index in [0.717, 1.165) is 0 Å². The Labute approximate surface area is 142 Å². The summed E-state index contributed by atoms with van der Waals surface area (Å²) in [5.74, 6) is 0. The van der Waals surface area contributed by atoms with Crippen molar-refractivity contribution in [1.82, 2.24) is 4.90 Å². The van der Waals surface area contributed by atoms with Crippen molar-refractivity contribution >= 4 is 15.9 Å². The fourth-order valence-corrected chi connectivity index (χ4v) is 4.42. The third-order valence-corrected chi connectivity index (χ3v) is 5.93. The fourth-order valence-electron chi connectivity index (χ4n) is 2.62. The summed E-state index contributed by atoms with van der Waals surface area (Å²) in [4.78, 5) is 13.8. The van der Waals surface area contributed by atoms with Crippen LogP contribution in [0, 0.1) is 11.3 Å². The minimum absolute atomic E-state index is 0.105. The van der Waals surface area contributed by atoms with Crippen LogP contribution in [0.25, 0.3) is 0 Å². The van der Waals surface area contributed by atoms with Gasteiger partial charge in [0.15, 0.2) is 9.84 Å². The Hall–Kier alpha value is -2.07. The van der Waals surface area contributed by atoms with Crippen molar-refractivity contribution in [1.29, 1.82) is 5.26 Å². The van der Waals surface area contributed by atoms with Crippen molar-refractivity contribution in [3.8, 4) is 6.07 Å². The lowest BCUT2D eigenvalue weighted by Gasteiger charge is -2.33. The summed E-state index contributed by atoms with van der Waals surface area (Å²) < 4.78 is 31.0. The molecule has 7 heteroatoms. The summed E-state index contributed by atoms with van der Waals surface area (Å²) in [6.45, 7) is 5.91. The molecule has 1 amide bonds. The van der Waals surface area contributed by atoms with Crippen LogP contribution < -0.4 is 0 Å². The Bertz CT molecular complexity index is 760.